The maximum atomic E-state index is 12.7. The number of rotatable bonds is 7. The molecule has 0 bridgehead atoms. The molecule has 0 aromatic rings. The van der Waals surface area contributed by atoms with Crippen LogP contribution in [0, 0.1) is 0 Å². The number of hydrogen-bond donors (Lipinski definition) is 0. The molecule has 0 aromatic heterocycles. The van der Waals surface area contributed by atoms with Crippen LogP contribution in [0.25, 0.3) is 0 Å². The fourth-order valence-electron chi connectivity index (χ4n) is 3.46. The zero-order valence-electron chi connectivity index (χ0n) is 15.2. The SMILES string of the molecule is CCCOC(=O)C(C(=O)CC)=C(C1=CCCCC1)C1=CCCCC1. The van der Waals surface area contributed by atoms with Gasteiger partial charge in [-0.3, -0.25) is 4.79 Å². The molecular weight excluding hydrogens is 300 g/mol. The highest BCUT2D eigenvalue weighted by atomic mass is 16.5. The fraction of sp³-hybridized carbons (Fsp3) is 0.619. The van der Waals surface area contributed by atoms with Gasteiger partial charge in [-0.2, -0.15) is 0 Å². The van der Waals surface area contributed by atoms with Gasteiger partial charge in [-0.25, -0.2) is 4.79 Å². The Bertz CT molecular complexity index is 536. The fourth-order valence-corrected chi connectivity index (χ4v) is 3.46. The van der Waals surface area contributed by atoms with Gasteiger partial charge in [-0.1, -0.05) is 26.0 Å². The Hall–Kier alpha value is -1.64. The van der Waals surface area contributed by atoms with E-state index in [1.807, 2.05) is 13.8 Å². The molecule has 2 rings (SSSR count). The molecule has 132 valence electrons. The lowest BCUT2D eigenvalue weighted by Crippen LogP contribution is -2.20. The molecule has 0 saturated heterocycles. The maximum Gasteiger partial charge on any atom is 0.342 e. The van der Waals surface area contributed by atoms with Crippen molar-refractivity contribution in [3.05, 3.63) is 34.4 Å². The van der Waals surface area contributed by atoms with E-state index in [2.05, 4.69) is 12.2 Å². The minimum Gasteiger partial charge on any atom is -0.462 e. The first-order valence-corrected chi connectivity index (χ1v) is 9.52. The molecule has 0 unspecified atom stereocenters. The number of carbonyl (C=O) groups excluding carboxylic acids is 2. The molecule has 0 N–H and O–H groups in total. The van der Waals surface area contributed by atoms with Crippen LogP contribution in [0.2, 0.25) is 0 Å². The topological polar surface area (TPSA) is 43.4 Å². The lowest BCUT2D eigenvalue weighted by Gasteiger charge is -2.24. The lowest BCUT2D eigenvalue weighted by atomic mass is 9.81. The average Bonchev–Trinajstić information content (AvgIpc) is 2.64. The van der Waals surface area contributed by atoms with Crippen LogP contribution in [-0.4, -0.2) is 18.4 Å². The molecule has 0 radical (unpaired) electrons. The number of carbonyl (C=O) groups is 2. The van der Waals surface area contributed by atoms with Crippen molar-refractivity contribution in [2.75, 3.05) is 6.61 Å². The summed E-state index contributed by atoms with van der Waals surface area (Å²) in [6, 6.07) is 0. The van der Waals surface area contributed by atoms with Crippen LogP contribution in [0.5, 0.6) is 0 Å². The molecule has 2 aliphatic carbocycles. The zero-order chi connectivity index (χ0) is 17.4. The second-order valence-corrected chi connectivity index (χ2v) is 6.61. The van der Waals surface area contributed by atoms with Gasteiger partial charge in [0, 0.05) is 6.42 Å². The molecule has 2 aliphatic rings. The van der Waals surface area contributed by atoms with Gasteiger partial charge in [-0.15, -0.1) is 0 Å². The molecule has 0 aliphatic heterocycles. The second kappa shape index (κ2) is 9.61. The Labute approximate surface area is 145 Å². The summed E-state index contributed by atoms with van der Waals surface area (Å²) < 4.78 is 5.37. The van der Waals surface area contributed by atoms with Gasteiger partial charge in [0.05, 0.1) is 6.61 Å². The first-order chi connectivity index (χ1) is 11.7. The number of ketones is 1. The molecule has 0 atom stereocenters. The van der Waals surface area contributed by atoms with E-state index in [-0.39, 0.29) is 5.78 Å². The van der Waals surface area contributed by atoms with Crippen molar-refractivity contribution in [2.45, 2.75) is 78.1 Å². The van der Waals surface area contributed by atoms with Crippen molar-refractivity contribution in [3.8, 4) is 0 Å². The third-order valence-corrected chi connectivity index (χ3v) is 4.72. The van der Waals surface area contributed by atoms with Gasteiger partial charge in [0.1, 0.15) is 5.57 Å². The minimum atomic E-state index is -0.434. The van der Waals surface area contributed by atoms with Crippen LogP contribution < -0.4 is 0 Å². The van der Waals surface area contributed by atoms with Crippen LogP contribution in [0.3, 0.4) is 0 Å². The number of allylic oxidation sites excluding steroid dienone is 5. The van der Waals surface area contributed by atoms with Crippen molar-refractivity contribution in [2.24, 2.45) is 0 Å². The molecule has 24 heavy (non-hydrogen) atoms. The van der Waals surface area contributed by atoms with E-state index in [4.69, 9.17) is 4.74 Å². The van der Waals surface area contributed by atoms with Crippen molar-refractivity contribution < 1.29 is 14.3 Å². The summed E-state index contributed by atoms with van der Waals surface area (Å²) in [5.41, 5.74) is 3.56. The first-order valence-electron chi connectivity index (χ1n) is 9.52. The van der Waals surface area contributed by atoms with Gasteiger partial charge in [0.15, 0.2) is 5.78 Å². The van der Waals surface area contributed by atoms with Gasteiger partial charge in [-0.05, 0) is 74.5 Å². The molecule has 0 heterocycles. The average molecular weight is 330 g/mol. The van der Waals surface area contributed by atoms with E-state index in [1.165, 1.54) is 24.0 Å². The van der Waals surface area contributed by atoms with Crippen molar-refractivity contribution in [1.82, 2.24) is 0 Å². The molecule has 0 fully saturated rings. The second-order valence-electron chi connectivity index (χ2n) is 6.61. The third kappa shape index (κ3) is 4.68. The van der Waals surface area contributed by atoms with Crippen LogP contribution in [-0.2, 0) is 14.3 Å². The molecule has 3 heteroatoms. The highest BCUT2D eigenvalue weighted by molar-refractivity contribution is 6.19. The molecular formula is C21H30O3. The standard InChI is InChI=1S/C21H30O3/c1-3-15-24-21(23)20(18(22)4-2)19(16-11-7-5-8-12-16)17-13-9-6-10-14-17/h11,13H,3-10,12,14-15H2,1-2H3. The minimum absolute atomic E-state index is 0.0935. The van der Waals surface area contributed by atoms with Gasteiger partial charge >= 0.3 is 5.97 Å². The zero-order valence-corrected chi connectivity index (χ0v) is 15.2. The van der Waals surface area contributed by atoms with E-state index < -0.39 is 5.97 Å². The van der Waals surface area contributed by atoms with Crippen LogP contribution in [0.4, 0.5) is 0 Å². The predicted octanol–water partition coefficient (Wildman–Crippen LogP) is 5.22. The molecule has 0 spiro atoms. The Balaban J connectivity index is 2.53. The quantitative estimate of drug-likeness (QED) is 0.278. The summed E-state index contributed by atoms with van der Waals surface area (Å²) >= 11 is 0. The molecule has 0 amide bonds. The first kappa shape index (κ1) is 18.7. The van der Waals surface area contributed by atoms with E-state index >= 15 is 0 Å². The monoisotopic (exact) mass is 330 g/mol. The number of esters is 1. The normalized spacial score (nSPS) is 17.6. The van der Waals surface area contributed by atoms with Crippen LogP contribution >= 0.6 is 0 Å². The molecule has 3 nitrogen and oxygen atoms in total. The highest BCUT2D eigenvalue weighted by Crippen LogP contribution is 2.36. The predicted molar refractivity (Wildman–Crippen MR) is 96.7 cm³/mol. The van der Waals surface area contributed by atoms with Crippen LogP contribution in [0.1, 0.15) is 78.1 Å². The number of ether oxygens (including phenoxy) is 1. The van der Waals surface area contributed by atoms with E-state index in [0.29, 0.717) is 18.6 Å². The summed E-state index contributed by atoms with van der Waals surface area (Å²) in [7, 11) is 0. The highest BCUT2D eigenvalue weighted by Gasteiger charge is 2.28. The summed E-state index contributed by atoms with van der Waals surface area (Å²) in [4.78, 5) is 25.3. The van der Waals surface area contributed by atoms with Gasteiger partial charge in [0.2, 0.25) is 0 Å². The Morgan fingerprint density at radius 3 is 1.96 bits per heavy atom. The third-order valence-electron chi connectivity index (χ3n) is 4.72. The Kier molecular flexibility index (Phi) is 7.48. The summed E-state index contributed by atoms with van der Waals surface area (Å²) in [6.07, 6.45) is 14.1. The maximum absolute atomic E-state index is 12.7. The number of Topliss-reactive ketones (excluding diaryl/α,β-unsaturated/α-hetero) is 1. The summed E-state index contributed by atoms with van der Waals surface area (Å²) in [6.45, 7) is 4.15. The Morgan fingerprint density at radius 2 is 1.54 bits per heavy atom. The largest absolute Gasteiger partial charge is 0.462 e. The van der Waals surface area contributed by atoms with Gasteiger partial charge < -0.3 is 4.74 Å². The van der Waals surface area contributed by atoms with E-state index in [9.17, 15) is 9.59 Å². The summed E-state index contributed by atoms with van der Waals surface area (Å²) in [5.74, 6) is -0.527. The van der Waals surface area contributed by atoms with Crippen molar-refractivity contribution >= 4 is 11.8 Å². The van der Waals surface area contributed by atoms with E-state index in [1.54, 1.807) is 0 Å². The smallest absolute Gasteiger partial charge is 0.342 e. The Morgan fingerprint density at radius 1 is 0.958 bits per heavy atom. The lowest BCUT2D eigenvalue weighted by molar-refractivity contribution is -0.140. The van der Waals surface area contributed by atoms with Crippen molar-refractivity contribution in [3.63, 3.8) is 0 Å². The van der Waals surface area contributed by atoms with Crippen LogP contribution in [0.15, 0.2) is 34.4 Å². The molecule has 0 aromatic carbocycles. The summed E-state index contributed by atoms with van der Waals surface area (Å²) in [5, 5.41) is 0. The molecule has 0 saturated carbocycles. The van der Waals surface area contributed by atoms with Crippen molar-refractivity contribution in [1.29, 1.82) is 0 Å². The van der Waals surface area contributed by atoms with E-state index in [0.717, 1.165) is 50.5 Å². The number of hydrogen-bond acceptors (Lipinski definition) is 3. The van der Waals surface area contributed by atoms with Gasteiger partial charge in [0.25, 0.3) is 0 Å².